The van der Waals surface area contributed by atoms with Crippen molar-refractivity contribution in [2.75, 3.05) is 13.2 Å². The van der Waals surface area contributed by atoms with Crippen LogP contribution in [0, 0.1) is 0 Å². The predicted molar refractivity (Wildman–Crippen MR) is 327 cm³/mol. The monoisotopic (exact) mass is 1090 g/mol. The van der Waals surface area contributed by atoms with Gasteiger partial charge in [0.25, 0.3) is 0 Å². The molecule has 7 unspecified atom stereocenters. The Morgan fingerprint density at radius 1 is 0.429 bits per heavy atom. The number of hydrogen-bond acceptors (Lipinski definition) is 8. The molecule has 0 bridgehead atoms. The number of hydrogen-bond donors (Lipinski definition) is 6. The van der Waals surface area contributed by atoms with Gasteiger partial charge in [-0.25, -0.2) is 0 Å². The fraction of sp³-hybridized carbons (Fsp3) is 0.956. The van der Waals surface area contributed by atoms with Crippen molar-refractivity contribution >= 4 is 5.91 Å². The van der Waals surface area contributed by atoms with E-state index in [4.69, 9.17) is 9.47 Å². The van der Waals surface area contributed by atoms with Crippen molar-refractivity contribution in [3.05, 3.63) is 12.2 Å². The third-order valence-corrected chi connectivity index (χ3v) is 16.9. The maximum Gasteiger partial charge on any atom is 0.220 e. The number of ether oxygens (including phenoxy) is 2. The highest BCUT2D eigenvalue weighted by atomic mass is 16.7. The standard InChI is InChI=1S/C68H133NO8/c1-3-5-7-9-11-13-15-17-19-21-23-25-27-29-30-31-32-33-34-36-38-40-42-44-46-48-50-52-54-56-58-64(72)69-61(60-76-68-67(75)66(74)65(73)63(59-70)77-68)62(71)57-55-53-51-49-47-45-43-41-39-37-35-28-26-24-22-20-18-16-14-12-10-8-6-4-2/h29-30,61-63,65-68,70-71,73-75H,3-28,31-60H2,1-2H3,(H,69,72)/b30-29-. The smallest absolute Gasteiger partial charge is 0.220 e. The van der Waals surface area contributed by atoms with E-state index in [1.54, 1.807) is 0 Å². The fourth-order valence-electron chi connectivity index (χ4n) is 11.5. The van der Waals surface area contributed by atoms with Crippen LogP contribution < -0.4 is 5.32 Å². The second-order valence-electron chi connectivity index (χ2n) is 24.3. The molecule has 9 heteroatoms. The molecule has 1 fully saturated rings. The Kier molecular flexibility index (Phi) is 55.8. The van der Waals surface area contributed by atoms with E-state index in [0.29, 0.717) is 12.8 Å². The van der Waals surface area contributed by atoms with Crippen LogP contribution >= 0.6 is 0 Å². The van der Waals surface area contributed by atoms with Crippen molar-refractivity contribution in [1.29, 1.82) is 0 Å². The lowest BCUT2D eigenvalue weighted by atomic mass is 9.99. The number of aliphatic hydroxyl groups excluding tert-OH is 5. The van der Waals surface area contributed by atoms with Crippen molar-refractivity contribution in [3.8, 4) is 0 Å². The van der Waals surface area contributed by atoms with Gasteiger partial charge in [-0.15, -0.1) is 0 Å². The summed E-state index contributed by atoms with van der Waals surface area (Å²) in [5, 5.41) is 54.9. The summed E-state index contributed by atoms with van der Waals surface area (Å²) in [6.45, 7) is 3.90. The maximum atomic E-state index is 13.1. The molecule has 0 spiro atoms. The van der Waals surface area contributed by atoms with E-state index in [2.05, 4.69) is 31.3 Å². The van der Waals surface area contributed by atoms with Crippen LogP contribution in [0.25, 0.3) is 0 Å². The average molecular weight is 1090 g/mol. The van der Waals surface area contributed by atoms with Gasteiger partial charge in [0, 0.05) is 6.42 Å². The molecule has 1 aliphatic heterocycles. The Morgan fingerprint density at radius 2 is 0.727 bits per heavy atom. The molecule has 458 valence electrons. The zero-order chi connectivity index (χ0) is 55.8. The van der Waals surface area contributed by atoms with Crippen LogP contribution in [0.1, 0.15) is 361 Å². The Morgan fingerprint density at radius 3 is 1.05 bits per heavy atom. The second kappa shape index (κ2) is 58.1. The van der Waals surface area contributed by atoms with E-state index >= 15 is 0 Å². The lowest BCUT2D eigenvalue weighted by Crippen LogP contribution is -2.60. The fourth-order valence-corrected chi connectivity index (χ4v) is 11.5. The van der Waals surface area contributed by atoms with Gasteiger partial charge in [-0.1, -0.05) is 328 Å². The molecule has 6 N–H and O–H groups in total. The first-order valence-corrected chi connectivity index (χ1v) is 34.4. The minimum Gasteiger partial charge on any atom is -0.394 e. The van der Waals surface area contributed by atoms with E-state index in [0.717, 1.165) is 38.5 Å². The van der Waals surface area contributed by atoms with Gasteiger partial charge >= 0.3 is 0 Å². The number of nitrogens with one attached hydrogen (secondary N) is 1. The van der Waals surface area contributed by atoms with E-state index in [-0.39, 0.29) is 12.5 Å². The summed E-state index contributed by atoms with van der Waals surface area (Å²) in [6, 6.07) is -0.717. The van der Waals surface area contributed by atoms with Gasteiger partial charge in [0.2, 0.25) is 5.91 Å². The zero-order valence-corrected chi connectivity index (χ0v) is 51.3. The molecule has 0 radical (unpaired) electrons. The van der Waals surface area contributed by atoms with Crippen molar-refractivity contribution in [2.24, 2.45) is 0 Å². The summed E-state index contributed by atoms with van der Waals surface area (Å²) in [5.74, 6) is -0.136. The summed E-state index contributed by atoms with van der Waals surface area (Å²) in [7, 11) is 0. The number of carbonyl (C=O) groups excluding carboxylic acids is 1. The van der Waals surface area contributed by atoms with Crippen LogP contribution in [0.3, 0.4) is 0 Å². The van der Waals surface area contributed by atoms with Crippen molar-refractivity contribution in [1.82, 2.24) is 5.32 Å². The van der Waals surface area contributed by atoms with Crippen LogP contribution in [-0.4, -0.2) is 87.5 Å². The van der Waals surface area contributed by atoms with Crippen LogP contribution in [0.4, 0.5) is 0 Å². The SMILES string of the molecule is CCCCCCCCCCCCCC/C=C\CCCCCCCCCCCCCCCCC(=O)NC(COC1OC(CO)C(O)C(O)C1O)C(O)CCCCCCCCCCCCCCCCCCCCCCCCCC. The molecule has 1 amide bonds. The molecule has 1 heterocycles. The van der Waals surface area contributed by atoms with Crippen LogP contribution in [-0.2, 0) is 14.3 Å². The molecular formula is C68H133NO8. The molecule has 9 nitrogen and oxygen atoms in total. The Balaban J connectivity index is 2.11. The number of amides is 1. The second-order valence-corrected chi connectivity index (χ2v) is 24.3. The van der Waals surface area contributed by atoms with Crippen molar-refractivity contribution < 1.29 is 39.8 Å². The van der Waals surface area contributed by atoms with Crippen LogP contribution in [0.15, 0.2) is 12.2 Å². The summed E-state index contributed by atoms with van der Waals surface area (Å²) in [4.78, 5) is 13.1. The molecule has 0 aromatic heterocycles. The highest BCUT2D eigenvalue weighted by Gasteiger charge is 2.44. The van der Waals surface area contributed by atoms with Gasteiger partial charge in [-0.2, -0.15) is 0 Å². The first-order chi connectivity index (χ1) is 37.8. The highest BCUT2D eigenvalue weighted by molar-refractivity contribution is 5.76. The zero-order valence-electron chi connectivity index (χ0n) is 51.3. The van der Waals surface area contributed by atoms with E-state index in [9.17, 15) is 30.3 Å². The van der Waals surface area contributed by atoms with Crippen molar-refractivity contribution in [3.63, 3.8) is 0 Å². The van der Waals surface area contributed by atoms with Gasteiger partial charge in [0.15, 0.2) is 6.29 Å². The summed E-state index contributed by atoms with van der Waals surface area (Å²) >= 11 is 0. The molecule has 0 aliphatic carbocycles. The first kappa shape index (κ1) is 73.9. The molecule has 0 aromatic rings. The van der Waals surface area contributed by atoms with Gasteiger partial charge in [0.1, 0.15) is 24.4 Å². The molecule has 1 saturated heterocycles. The Labute approximate surface area is 477 Å². The summed E-state index contributed by atoms with van der Waals surface area (Å²) in [5.41, 5.74) is 0. The third kappa shape index (κ3) is 47.2. The van der Waals surface area contributed by atoms with Crippen LogP contribution in [0.2, 0.25) is 0 Å². The maximum absolute atomic E-state index is 13.1. The number of aliphatic hydroxyl groups is 5. The molecule has 77 heavy (non-hydrogen) atoms. The summed E-state index contributed by atoms with van der Waals surface area (Å²) < 4.78 is 11.4. The first-order valence-electron chi connectivity index (χ1n) is 34.4. The number of allylic oxidation sites excluding steroid dienone is 2. The van der Waals surface area contributed by atoms with Gasteiger partial charge in [-0.3, -0.25) is 4.79 Å². The van der Waals surface area contributed by atoms with E-state index < -0.39 is 49.5 Å². The normalized spacial score (nSPS) is 18.7. The van der Waals surface area contributed by atoms with Crippen LogP contribution in [0.5, 0.6) is 0 Å². The average Bonchev–Trinajstić information content (AvgIpc) is 3.43. The van der Waals surface area contributed by atoms with Gasteiger partial charge < -0.3 is 40.3 Å². The minimum absolute atomic E-state index is 0.133. The molecule has 0 aromatic carbocycles. The summed E-state index contributed by atoms with van der Waals surface area (Å²) in [6.07, 6.45) is 67.0. The Hall–Kier alpha value is -1.07. The number of unbranched alkanes of at least 4 members (excludes halogenated alkanes) is 49. The minimum atomic E-state index is -1.55. The molecule has 7 atom stereocenters. The Bertz CT molecular complexity index is 1220. The van der Waals surface area contributed by atoms with E-state index in [1.165, 1.54) is 295 Å². The largest absolute Gasteiger partial charge is 0.394 e. The topological polar surface area (TPSA) is 149 Å². The van der Waals surface area contributed by atoms with Crippen molar-refractivity contribution in [2.45, 2.75) is 403 Å². The molecule has 0 saturated carbocycles. The number of carbonyl (C=O) groups is 1. The van der Waals surface area contributed by atoms with Gasteiger partial charge in [-0.05, 0) is 38.5 Å². The molecule has 1 rings (SSSR count). The third-order valence-electron chi connectivity index (χ3n) is 16.9. The number of rotatable bonds is 61. The highest BCUT2D eigenvalue weighted by Crippen LogP contribution is 2.24. The molecule has 1 aliphatic rings. The molecular weight excluding hydrogens is 959 g/mol. The predicted octanol–water partition coefficient (Wildman–Crippen LogP) is 18.3. The van der Waals surface area contributed by atoms with E-state index in [1.807, 2.05) is 0 Å². The van der Waals surface area contributed by atoms with Gasteiger partial charge in [0.05, 0.1) is 25.4 Å². The lowest BCUT2D eigenvalue weighted by molar-refractivity contribution is -0.302. The quantitative estimate of drug-likeness (QED) is 0.0261. The lowest BCUT2D eigenvalue weighted by Gasteiger charge is -2.40.